The summed E-state index contributed by atoms with van der Waals surface area (Å²) in [6, 6.07) is 18.2. The Kier molecular flexibility index (Phi) is 5.57. The number of aromatic nitrogens is 1. The van der Waals surface area contributed by atoms with Crippen molar-refractivity contribution in [2.24, 2.45) is 0 Å². The number of rotatable bonds is 7. The van der Waals surface area contributed by atoms with E-state index in [2.05, 4.69) is 23.2 Å². The Morgan fingerprint density at radius 1 is 1.12 bits per heavy atom. The van der Waals surface area contributed by atoms with Gasteiger partial charge in [0.15, 0.2) is 0 Å². The zero-order valence-corrected chi connectivity index (χ0v) is 16.1. The van der Waals surface area contributed by atoms with Crippen LogP contribution in [0.5, 0.6) is 5.75 Å². The van der Waals surface area contributed by atoms with E-state index in [-0.39, 0.29) is 5.97 Å². The summed E-state index contributed by atoms with van der Waals surface area (Å²) in [7, 11) is 1.41. The van der Waals surface area contributed by atoms with Gasteiger partial charge in [0.25, 0.3) is 0 Å². The molecule has 0 aliphatic rings. The van der Waals surface area contributed by atoms with Gasteiger partial charge in [0.05, 0.1) is 13.7 Å². The van der Waals surface area contributed by atoms with Crippen LogP contribution in [0.25, 0.3) is 10.9 Å². The quantitative estimate of drug-likeness (QED) is 0.479. The van der Waals surface area contributed by atoms with Crippen LogP contribution in [0.2, 0.25) is 0 Å². The van der Waals surface area contributed by atoms with Crippen molar-refractivity contribution in [3.63, 3.8) is 0 Å². The van der Waals surface area contributed by atoms with E-state index in [1.165, 1.54) is 30.0 Å². The van der Waals surface area contributed by atoms with E-state index in [4.69, 9.17) is 9.47 Å². The molecule has 136 valence electrons. The molecule has 0 bridgehead atoms. The van der Waals surface area contributed by atoms with Gasteiger partial charge in [0, 0.05) is 22.5 Å². The highest BCUT2D eigenvalue weighted by Crippen LogP contribution is 2.34. The lowest BCUT2D eigenvalue weighted by atomic mass is 10.2. The number of hydrogen-bond donors (Lipinski definition) is 1. The van der Waals surface area contributed by atoms with E-state index in [9.17, 15) is 4.79 Å². The summed E-state index contributed by atoms with van der Waals surface area (Å²) >= 11 is 1.48. The second-order valence-electron chi connectivity index (χ2n) is 6.56. The van der Waals surface area contributed by atoms with Gasteiger partial charge in [-0.2, -0.15) is 0 Å². The molecule has 26 heavy (non-hydrogen) atoms. The first-order chi connectivity index (χ1) is 12.5. The molecule has 1 aromatic heterocycles. The first kappa shape index (κ1) is 18.4. The van der Waals surface area contributed by atoms with Crippen LogP contribution >= 0.6 is 11.8 Å². The SMILES string of the molecule is COC(=O)C(C)(C)Sc1ccc(OCCc2cc3ccccc3[nH]2)cc1. The summed E-state index contributed by atoms with van der Waals surface area (Å²) in [5.41, 5.74) is 2.32. The van der Waals surface area contributed by atoms with E-state index in [1.807, 2.05) is 50.2 Å². The molecule has 0 unspecified atom stereocenters. The second-order valence-corrected chi connectivity index (χ2v) is 8.25. The van der Waals surface area contributed by atoms with Crippen LogP contribution in [0.1, 0.15) is 19.5 Å². The third-order valence-corrected chi connectivity index (χ3v) is 5.28. The minimum atomic E-state index is -0.618. The lowest BCUT2D eigenvalue weighted by Gasteiger charge is -2.20. The molecule has 0 aliphatic heterocycles. The van der Waals surface area contributed by atoms with Gasteiger partial charge in [0.2, 0.25) is 0 Å². The summed E-state index contributed by atoms with van der Waals surface area (Å²) in [5.74, 6) is 0.586. The number of ether oxygens (including phenoxy) is 2. The molecule has 5 heteroatoms. The summed E-state index contributed by atoms with van der Waals surface area (Å²) in [5, 5.41) is 1.22. The van der Waals surface area contributed by atoms with E-state index < -0.39 is 4.75 Å². The molecular formula is C21H23NO3S. The van der Waals surface area contributed by atoms with Crippen LogP contribution in [-0.2, 0) is 16.0 Å². The van der Waals surface area contributed by atoms with E-state index in [0.29, 0.717) is 6.61 Å². The number of thioether (sulfide) groups is 1. The van der Waals surface area contributed by atoms with Gasteiger partial charge in [-0.15, -0.1) is 11.8 Å². The number of para-hydroxylation sites is 1. The number of carbonyl (C=O) groups excluding carboxylic acids is 1. The van der Waals surface area contributed by atoms with Gasteiger partial charge in [-0.05, 0) is 55.6 Å². The molecule has 4 nitrogen and oxygen atoms in total. The Balaban J connectivity index is 1.53. The van der Waals surface area contributed by atoms with Gasteiger partial charge in [0.1, 0.15) is 10.5 Å². The minimum Gasteiger partial charge on any atom is -0.493 e. The predicted octanol–water partition coefficient (Wildman–Crippen LogP) is 4.83. The van der Waals surface area contributed by atoms with Crippen molar-refractivity contribution < 1.29 is 14.3 Å². The molecule has 0 atom stereocenters. The Hall–Kier alpha value is -2.40. The van der Waals surface area contributed by atoms with E-state index in [1.54, 1.807) is 0 Å². The Labute approximate surface area is 157 Å². The maximum absolute atomic E-state index is 11.8. The van der Waals surface area contributed by atoms with Crippen LogP contribution < -0.4 is 4.74 Å². The third kappa shape index (κ3) is 4.41. The minimum absolute atomic E-state index is 0.235. The fraction of sp³-hybridized carbons (Fsp3) is 0.286. The van der Waals surface area contributed by atoms with E-state index >= 15 is 0 Å². The van der Waals surface area contributed by atoms with Gasteiger partial charge < -0.3 is 14.5 Å². The smallest absolute Gasteiger partial charge is 0.321 e. The summed E-state index contributed by atoms with van der Waals surface area (Å²) < 4.78 is 10.1. The third-order valence-electron chi connectivity index (χ3n) is 4.10. The van der Waals surface area contributed by atoms with E-state index in [0.717, 1.165) is 22.6 Å². The monoisotopic (exact) mass is 369 g/mol. The molecule has 0 aliphatic carbocycles. The fourth-order valence-electron chi connectivity index (χ4n) is 2.73. The van der Waals surface area contributed by atoms with Crippen molar-refractivity contribution in [3.8, 4) is 5.75 Å². The second kappa shape index (κ2) is 7.87. The lowest BCUT2D eigenvalue weighted by Crippen LogP contribution is -2.28. The van der Waals surface area contributed by atoms with Crippen LogP contribution in [0, 0.1) is 0 Å². The normalized spacial score (nSPS) is 11.5. The first-order valence-electron chi connectivity index (χ1n) is 8.55. The van der Waals surface area contributed by atoms with Crippen molar-refractivity contribution >= 4 is 28.6 Å². The molecule has 1 heterocycles. The molecule has 0 fully saturated rings. The van der Waals surface area contributed by atoms with Crippen molar-refractivity contribution in [2.45, 2.75) is 29.9 Å². The maximum atomic E-state index is 11.8. The average Bonchev–Trinajstić information content (AvgIpc) is 3.05. The molecule has 3 aromatic rings. The number of carbonyl (C=O) groups is 1. The van der Waals surface area contributed by atoms with Gasteiger partial charge in [-0.25, -0.2) is 0 Å². The van der Waals surface area contributed by atoms with Gasteiger partial charge in [-0.3, -0.25) is 4.79 Å². The molecule has 0 saturated carbocycles. The number of benzene rings is 2. The molecule has 0 spiro atoms. The summed E-state index contributed by atoms with van der Waals surface area (Å²) in [4.78, 5) is 16.2. The van der Waals surface area contributed by atoms with Crippen molar-refractivity contribution in [1.29, 1.82) is 0 Å². The maximum Gasteiger partial charge on any atom is 0.321 e. The number of methoxy groups -OCH3 is 1. The summed E-state index contributed by atoms with van der Waals surface area (Å²) in [6.45, 7) is 4.31. The summed E-state index contributed by atoms with van der Waals surface area (Å²) in [6.07, 6.45) is 0.820. The molecule has 0 amide bonds. The Bertz CT molecular complexity index is 851. The molecular weight excluding hydrogens is 346 g/mol. The van der Waals surface area contributed by atoms with Crippen LogP contribution in [0.15, 0.2) is 59.5 Å². The number of aromatic amines is 1. The van der Waals surface area contributed by atoms with Crippen molar-refractivity contribution in [1.82, 2.24) is 4.98 Å². The Morgan fingerprint density at radius 3 is 2.54 bits per heavy atom. The fourth-order valence-corrected chi connectivity index (χ4v) is 3.76. The van der Waals surface area contributed by atoms with Gasteiger partial charge >= 0.3 is 5.97 Å². The van der Waals surface area contributed by atoms with Crippen LogP contribution in [0.3, 0.4) is 0 Å². The number of esters is 1. The largest absolute Gasteiger partial charge is 0.493 e. The number of fused-ring (bicyclic) bond motifs is 1. The molecule has 3 rings (SSSR count). The molecule has 0 radical (unpaired) electrons. The predicted molar refractivity (Wildman–Crippen MR) is 106 cm³/mol. The standard InChI is InChI=1S/C21H23NO3S/c1-21(2,20(23)24-3)26-18-10-8-17(9-11-18)25-13-12-16-14-15-6-4-5-7-19(15)22-16/h4-11,14,22H,12-13H2,1-3H3. The highest BCUT2D eigenvalue weighted by atomic mass is 32.2. The Morgan fingerprint density at radius 2 is 1.85 bits per heavy atom. The first-order valence-corrected chi connectivity index (χ1v) is 9.36. The molecule has 1 N–H and O–H groups in total. The zero-order valence-electron chi connectivity index (χ0n) is 15.2. The van der Waals surface area contributed by atoms with Crippen LogP contribution in [-0.4, -0.2) is 29.4 Å². The molecule has 2 aromatic carbocycles. The topological polar surface area (TPSA) is 51.3 Å². The zero-order chi connectivity index (χ0) is 18.6. The van der Waals surface area contributed by atoms with Crippen molar-refractivity contribution in [3.05, 3.63) is 60.3 Å². The highest BCUT2D eigenvalue weighted by Gasteiger charge is 2.29. The van der Waals surface area contributed by atoms with Crippen LogP contribution in [0.4, 0.5) is 0 Å². The lowest BCUT2D eigenvalue weighted by molar-refractivity contribution is -0.142. The van der Waals surface area contributed by atoms with Crippen molar-refractivity contribution in [2.75, 3.05) is 13.7 Å². The number of nitrogens with one attached hydrogen (secondary N) is 1. The highest BCUT2D eigenvalue weighted by molar-refractivity contribution is 8.01. The number of hydrogen-bond acceptors (Lipinski definition) is 4. The van der Waals surface area contributed by atoms with Gasteiger partial charge in [-0.1, -0.05) is 18.2 Å². The number of H-pyrrole nitrogens is 1. The average molecular weight is 369 g/mol. The molecule has 0 saturated heterocycles.